The zero-order valence-electron chi connectivity index (χ0n) is 20.8. The monoisotopic (exact) mass is 492 g/mol. The number of rotatable bonds is 6. The number of fused-ring (bicyclic) bond motifs is 3. The lowest BCUT2D eigenvalue weighted by Gasteiger charge is -2.26. The van der Waals surface area contributed by atoms with Gasteiger partial charge in [-0.1, -0.05) is 29.8 Å². The highest BCUT2D eigenvalue weighted by Gasteiger charge is 2.32. The number of nitrogens with one attached hydrogen (secondary N) is 1. The Balaban J connectivity index is 1.46. The molecule has 0 saturated carbocycles. The minimum atomic E-state index is -0.421. The second-order valence-corrected chi connectivity index (χ2v) is 10.5. The molecule has 184 valence electrons. The number of carbonyl (C=O) groups is 1. The van der Waals surface area contributed by atoms with E-state index >= 15 is 0 Å². The summed E-state index contributed by atoms with van der Waals surface area (Å²) in [7, 11) is 0. The van der Waals surface area contributed by atoms with Gasteiger partial charge < -0.3 is 10.1 Å². The van der Waals surface area contributed by atoms with E-state index in [1.165, 1.54) is 16.0 Å². The van der Waals surface area contributed by atoms with Crippen LogP contribution in [0.2, 0.25) is 0 Å². The Bertz CT molecular complexity index is 1250. The molecule has 3 aromatic rings. The summed E-state index contributed by atoms with van der Waals surface area (Å²) in [6.45, 7) is 13.1. The Morgan fingerprint density at radius 3 is 2.60 bits per heavy atom. The zero-order valence-corrected chi connectivity index (χ0v) is 21.6. The number of thiophene rings is 1. The molecule has 2 aromatic heterocycles. The van der Waals surface area contributed by atoms with Crippen molar-refractivity contribution in [2.24, 2.45) is 4.99 Å². The number of benzene rings is 1. The summed E-state index contributed by atoms with van der Waals surface area (Å²) in [4.78, 5) is 21.8. The van der Waals surface area contributed by atoms with Crippen molar-refractivity contribution < 1.29 is 9.53 Å². The summed E-state index contributed by atoms with van der Waals surface area (Å²) in [5.74, 6) is 1.50. The van der Waals surface area contributed by atoms with Crippen LogP contribution in [0, 0.1) is 27.7 Å². The molecule has 8 nitrogen and oxygen atoms in total. The van der Waals surface area contributed by atoms with Gasteiger partial charge in [0, 0.05) is 42.2 Å². The van der Waals surface area contributed by atoms with Crippen LogP contribution in [0.3, 0.4) is 0 Å². The minimum absolute atomic E-state index is 0.0272. The molecule has 1 N–H and O–H groups in total. The molecule has 9 heteroatoms. The normalized spacial score (nSPS) is 17.9. The van der Waals surface area contributed by atoms with Crippen molar-refractivity contribution >= 4 is 23.0 Å². The fourth-order valence-corrected chi connectivity index (χ4v) is 5.88. The number of aryl methyl sites for hydroxylation is 3. The van der Waals surface area contributed by atoms with Crippen LogP contribution in [0.15, 0.2) is 29.3 Å². The van der Waals surface area contributed by atoms with Crippen LogP contribution in [0.1, 0.15) is 51.2 Å². The Morgan fingerprint density at radius 2 is 1.86 bits per heavy atom. The fraction of sp³-hybridized carbons (Fsp3) is 0.462. The molecule has 1 amide bonds. The maximum Gasteiger partial charge on any atom is 0.222 e. The van der Waals surface area contributed by atoms with E-state index in [9.17, 15) is 4.79 Å². The summed E-state index contributed by atoms with van der Waals surface area (Å²) in [6, 6.07) is 8.02. The number of hydrogen-bond donors (Lipinski definition) is 1. The van der Waals surface area contributed by atoms with E-state index in [1.807, 2.05) is 6.92 Å². The number of carbonyl (C=O) groups excluding carboxylic acids is 1. The number of amides is 1. The van der Waals surface area contributed by atoms with E-state index in [1.54, 1.807) is 11.3 Å². The second-order valence-electron chi connectivity index (χ2n) is 9.27. The van der Waals surface area contributed by atoms with E-state index in [4.69, 9.17) is 9.73 Å². The van der Waals surface area contributed by atoms with E-state index in [-0.39, 0.29) is 12.3 Å². The molecule has 0 radical (unpaired) electrons. The van der Waals surface area contributed by atoms with Gasteiger partial charge in [-0.05, 0) is 33.3 Å². The molecule has 5 rings (SSSR count). The Kier molecular flexibility index (Phi) is 6.82. The predicted molar refractivity (Wildman–Crippen MR) is 138 cm³/mol. The number of hydrogen-bond acceptors (Lipinski definition) is 7. The molecule has 1 saturated heterocycles. The Morgan fingerprint density at radius 1 is 1.11 bits per heavy atom. The van der Waals surface area contributed by atoms with Gasteiger partial charge >= 0.3 is 0 Å². The van der Waals surface area contributed by atoms with E-state index < -0.39 is 6.04 Å². The number of nitrogens with zero attached hydrogens (tertiary/aromatic N) is 5. The molecule has 1 aromatic carbocycles. The largest absolute Gasteiger partial charge is 0.379 e. The molecule has 35 heavy (non-hydrogen) atoms. The number of aliphatic imine (C=N–C) groups is 1. The highest BCUT2D eigenvalue weighted by atomic mass is 32.1. The predicted octanol–water partition coefficient (Wildman–Crippen LogP) is 3.29. The lowest BCUT2D eigenvalue weighted by Crippen LogP contribution is -2.41. The molecule has 1 atom stereocenters. The first-order valence-corrected chi connectivity index (χ1v) is 13.0. The molecule has 1 fully saturated rings. The third-order valence-electron chi connectivity index (χ3n) is 6.80. The summed E-state index contributed by atoms with van der Waals surface area (Å²) in [6.07, 6.45) is 0.226. The van der Waals surface area contributed by atoms with Crippen molar-refractivity contribution in [3.8, 4) is 5.00 Å². The Labute approximate surface area is 210 Å². The highest BCUT2D eigenvalue weighted by molar-refractivity contribution is 7.15. The molecular weight excluding hydrogens is 460 g/mol. The number of ether oxygens (including phenoxy) is 1. The van der Waals surface area contributed by atoms with Gasteiger partial charge in [-0.3, -0.25) is 19.3 Å². The molecule has 0 aliphatic carbocycles. The van der Waals surface area contributed by atoms with Crippen LogP contribution >= 0.6 is 11.3 Å². The van der Waals surface area contributed by atoms with Crippen molar-refractivity contribution in [3.63, 3.8) is 0 Å². The summed E-state index contributed by atoms with van der Waals surface area (Å²) >= 11 is 1.73. The summed E-state index contributed by atoms with van der Waals surface area (Å²) in [5.41, 5.74) is 5.48. The third kappa shape index (κ3) is 4.80. The van der Waals surface area contributed by atoms with Gasteiger partial charge in [-0.2, -0.15) is 0 Å². The molecule has 2 aliphatic rings. The van der Waals surface area contributed by atoms with Crippen LogP contribution in [-0.2, 0) is 9.53 Å². The first kappa shape index (κ1) is 23.8. The van der Waals surface area contributed by atoms with Crippen molar-refractivity contribution in [1.29, 1.82) is 0 Å². The van der Waals surface area contributed by atoms with Crippen molar-refractivity contribution in [2.75, 3.05) is 39.4 Å². The lowest BCUT2D eigenvalue weighted by molar-refractivity contribution is -0.121. The van der Waals surface area contributed by atoms with Crippen LogP contribution in [0.25, 0.3) is 5.00 Å². The quantitative estimate of drug-likeness (QED) is 0.571. The standard InChI is InChI=1S/C26H32N6O2S/c1-16-5-7-20(8-6-16)24-23-17(2)18(3)35-26(23)32-19(4)29-30-25(32)21(28-24)15-22(33)27-9-10-31-11-13-34-14-12-31/h5-8,21H,9-15H2,1-4H3,(H,27,33)/t21-/m0/s1. The van der Waals surface area contributed by atoms with Gasteiger partial charge in [0.15, 0.2) is 5.82 Å². The minimum Gasteiger partial charge on any atom is -0.379 e. The van der Waals surface area contributed by atoms with Crippen LogP contribution in [0.5, 0.6) is 0 Å². The van der Waals surface area contributed by atoms with Crippen LogP contribution < -0.4 is 5.32 Å². The molecular formula is C26H32N6O2S. The summed E-state index contributed by atoms with van der Waals surface area (Å²) < 4.78 is 7.50. The van der Waals surface area contributed by atoms with Gasteiger partial charge in [0.1, 0.15) is 16.9 Å². The zero-order chi connectivity index (χ0) is 24.5. The van der Waals surface area contributed by atoms with Crippen molar-refractivity contribution in [3.05, 3.63) is 63.0 Å². The van der Waals surface area contributed by atoms with Gasteiger partial charge in [0.2, 0.25) is 5.91 Å². The van der Waals surface area contributed by atoms with Crippen molar-refractivity contribution in [2.45, 2.75) is 40.2 Å². The molecule has 4 heterocycles. The second kappa shape index (κ2) is 10.0. The van der Waals surface area contributed by atoms with Crippen LogP contribution in [0.4, 0.5) is 0 Å². The average molecular weight is 493 g/mol. The molecule has 0 bridgehead atoms. The maximum absolute atomic E-state index is 13.0. The topological polar surface area (TPSA) is 84.6 Å². The molecule has 2 aliphatic heterocycles. The number of aromatic nitrogens is 3. The highest BCUT2D eigenvalue weighted by Crippen LogP contribution is 2.39. The van der Waals surface area contributed by atoms with E-state index in [0.717, 1.165) is 66.3 Å². The maximum atomic E-state index is 13.0. The fourth-order valence-electron chi connectivity index (χ4n) is 4.66. The number of morpholine rings is 1. The van der Waals surface area contributed by atoms with E-state index in [2.05, 4.69) is 70.0 Å². The first-order chi connectivity index (χ1) is 16.9. The van der Waals surface area contributed by atoms with Gasteiger partial charge in [-0.25, -0.2) is 0 Å². The molecule has 0 unspecified atom stereocenters. The van der Waals surface area contributed by atoms with E-state index in [0.29, 0.717) is 6.54 Å². The van der Waals surface area contributed by atoms with Gasteiger partial charge in [0.05, 0.1) is 25.3 Å². The van der Waals surface area contributed by atoms with Gasteiger partial charge in [-0.15, -0.1) is 21.5 Å². The lowest BCUT2D eigenvalue weighted by atomic mass is 9.99. The average Bonchev–Trinajstić information content (AvgIpc) is 3.32. The van der Waals surface area contributed by atoms with Crippen LogP contribution in [-0.4, -0.2) is 70.7 Å². The van der Waals surface area contributed by atoms with Crippen molar-refractivity contribution in [1.82, 2.24) is 25.0 Å². The molecule has 0 spiro atoms. The van der Waals surface area contributed by atoms with Gasteiger partial charge in [0.25, 0.3) is 0 Å². The first-order valence-electron chi connectivity index (χ1n) is 12.2. The SMILES string of the molecule is Cc1ccc(C2=N[C@@H](CC(=O)NCCN3CCOCC3)c3nnc(C)n3-c3sc(C)c(C)c32)cc1. The summed E-state index contributed by atoms with van der Waals surface area (Å²) in [5, 5.41) is 13.0. The third-order valence-corrected chi connectivity index (χ3v) is 7.99. The Hall–Kier alpha value is -2.88. The smallest absolute Gasteiger partial charge is 0.222 e.